The molecular weight excluding hydrogens is 905 g/mol. The van der Waals surface area contributed by atoms with Gasteiger partial charge in [-0.15, -0.1) is 0 Å². The van der Waals surface area contributed by atoms with E-state index in [0.717, 1.165) is 28.2 Å². The van der Waals surface area contributed by atoms with Gasteiger partial charge in [-0.25, -0.2) is 0 Å². The molecule has 0 unspecified atom stereocenters. The fourth-order valence-electron chi connectivity index (χ4n) is 12.3. The Hall–Kier alpha value is -9.76. The lowest BCUT2D eigenvalue weighted by Crippen LogP contribution is -2.28. The third kappa shape index (κ3) is 7.25. The standard InChI is InChI=1S/C73H50N2/c1-5-23-51(24-6-1)60-33-13-14-34-61(60)52-43-46-58(47-44-52)74(57-30-11-4-12-31-57)59-32-21-25-53(49-59)62-35-15-16-36-63(62)54-45-48-65-64-37-18-20-41-69(64)75(71(65)50-54)70-42-22-40-68-72(70)66-38-17-19-39-67(66)73(68,55-26-7-2-8-27-55)56-28-9-3-10-29-56/h1-50H. The highest BCUT2D eigenvalue weighted by molar-refractivity contribution is 6.11. The van der Waals surface area contributed by atoms with E-state index in [9.17, 15) is 0 Å². The zero-order valence-corrected chi connectivity index (χ0v) is 41.3. The maximum Gasteiger partial charge on any atom is 0.0714 e. The summed E-state index contributed by atoms with van der Waals surface area (Å²) in [6.45, 7) is 0. The molecule has 1 aromatic heterocycles. The molecule has 13 aromatic rings. The Bertz CT molecular complexity index is 4170. The van der Waals surface area contributed by atoms with Gasteiger partial charge >= 0.3 is 0 Å². The molecular formula is C73H50N2. The maximum absolute atomic E-state index is 2.53. The molecule has 0 N–H and O–H groups in total. The molecule has 75 heavy (non-hydrogen) atoms. The number of hydrogen-bond acceptors (Lipinski definition) is 1. The van der Waals surface area contributed by atoms with Gasteiger partial charge in [-0.05, 0) is 127 Å². The van der Waals surface area contributed by atoms with Gasteiger partial charge in [-0.3, -0.25) is 0 Å². The summed E-state index contributed by atoms with van der Waals surface area (Å²) in [6.07, 6.45) is 0. The summed E-state index contributed by atoms with van der Waals surface area (Å²) in [7, 11) is 0. The number of aromatic nitrogens is 1. The van der Waals surface area contributed by atoms with Crippen LogP contribution >= 0.6 is 0 Å². The molecule has 352 valence electrons. The maximum atomic E-state index is 2.53. The largest absolute Gasteiger partial charge is 0.310 e. The normalized spacial score (nSPS) is 12.4. The lowest BCUT2D eigenvalue weighted by atomic mass is 9.68. The number of fused-ring (bicyclic) bond motifs is 6. The Morgan fingerprint density at radius 2 is 0.707 bits per heavy atom. The molecule has 14 rings (SSSR count). The van der Waals surface area contributed by atoms with Crippen LogP contribution in [0.1, 0.15) is 22.3 Å². The van der Waals surface area contributed by atoms with Gasteiger partial charge < -0.3 is 9.47 Å². The number of hydrogen-bond donors (Lipinski definition) is 0. The number of benzene rings is 12. The van der Waals surface area contributed by atoms with Gasteiger partial charge in [0, 0.05) is 33.4 Å². The lowest BCUT2D eigenvalue weighted by Gasteiger charge is -2.34. The summed E-state index contributed by atoms with van der Waals surface area (Å²) >= 11 is 0. The number of rotatable bonds is 10. The minimum Gasteiger partial charge on any atom is -0.310 e. The van der Waals surface area contributed by atoms with Gasteiger partial charge in [0.2, 0.25) is 0 Å². The van der Waals surface area contributed by atoms with E-state index in [1.807, 2.05) is 0 Å². The van der Waals surface area contributed by atoms with Crippen molar-refractivity contribution in [2.75, 3.05) is 4.90 Å². The third-order valence-corrected chi connectivity index (χ3v) is 15.5. The second-order valence-corrected chi connectivity index (χ2v) is 19.5. The summed E-state index contributed by atoms with van der Waals surface area (Å²) in [4.78, 5) is 2.37. The highest BCUT2D eigenvalue weighted by atomic mass is 15.1. The summed E-state index contributed by atoms with van der Waals surface area (Å²) in [5.74, 6) is 0. The van der Waals surface area contributed by atoms with E-state index in [1.165, 1.54) is 94.3 Å². The molecule has 0 bridgehead atoms. The van der Waals surface area contributed by atoms with Gasteiger partial charge in [-0.1, -0.05) is 249 Å². The molecule has 0 radical (unpaired) electrons. The zero-order valence-electron chi connectivity index (χ0n) is 41.3. The van der Waals surface area contributed by atoms with Crippen LogP contribution in [0.5, 0.6) is 0 Å². The minimum atomic E-state index is -0.504. The van der Waals surface area contributed by atoms with Crippen molar-refractivity contribution in [3.63, 3.8) is 0 Å². The molecule has 2 nitrogen and oxygen atoms in total. The highest BCUT2D eigenvalue weighted by Crippen LogP contribution is 2.58. The first-order chi connectivity index (χ1) is 37.2. The Balaban J connectivity index is 0.902. The summed E-state index contributed by atoms with van der Waals surface area (Å²) < 4.78 is 2.53. The molecule has 2 heteroatoms. The van der Waals surface area contributed by atoms with Gasteiger partial charge in [0.1, 0.15) is 0 Å². The van der Waals surface area contributed by atoms with Crippen molar-refractivity contribution in [1.82, 2.24) is 4.57 Å². The van der Waals surface area contributed by atoms with E-state index >= 15 is 0 Å². The topological polar surface area (TPSA) is 8.17 Å². The first-order valence-corrected chi connectivity index (χ1v) is 25.9. The van der Waals surface area contributed by atoms with Gasteiger partial charge in [0.05, 0.1) is 22.1 Å². The Morgan fingerprint density at radius 3 is 1.37 bits per heavy atom. The van der Waals surface area contributed by atoms with Crippen LogP contribution in [-0.2, 0) is 5.41 Å². The van der Waals surface area contributed by atoms with Crippen LogP contribution in [0.25, 0.3) is 83.1 Å². The van der Waals surface area contributed by atoms with Crippen molar-refractivity contribution < 1.29 is 0 Å². The van der Waals surface area contributed by atoms with Crippen molar-refractivity contribution in [3.8, 4) is 61.3 Å². The Labute approximate surface area is 438 Å². The van der Waals surface area contributed by atoms with Crippen LogP contribution in [0.3, 0.4) is 0 Å². The average molecular weight is 955 g/mol. The minimum absolute atomic E-state index is 0.504. The first kappa shape index (κ1) is 44.0. The fraction of sp³-hybridized carbons (Fsp3) is 0.0137. The summed E-state index contributed by atoms with van der Waals surface area (Å²) in [5.41, 5.74) is 23.4. The molecule has 0 aliphatic heterocycles. The van der Waals surface area contributed by atoms with Crippen LogP contribution in [0, 0.1) is 0 Å². The van der Waals surface area contributed by atoms with Gasteiger partial charge in [-0.2, -0.15) is 0 Å². The number of para-hydroxylation sites is 2. The molecule has 0 amide bonds. The smallest absolute Gasteiger partial charge is 0.0714 e. The number of anilines is 3. The highest BCUT2D eigenvalue weighted by Gasteiger charge is 2.47. The van der Waals surface area contributed by atoms with Crippen LogP contribution in [0.15, 0.2) is 303 Å². The second kappa shape index (κ2) is 18.4. The molecule has 1 heterocycles. The number of nitrogens with zero attached hydrogens (tertiary/aromatic N) is 2. The molecule has 0 saturated carbocycles. The van der Waals surface area contributed by atoms with Crippen LogP contribution < -0.4 is 4.90 Å². The van der Waals surface area contributed by atoms with Gasteiger partial charge in [0.15, 0.2) is 0 Å². The van der Waals surface area contributed by atoms with Crippen LogP contribution in [-0.4, -0.2) is 4.57 Å². The molecule has 0 spiro atoms. The quantitative estimate of drug-likeness (QED) is 0.133. The van der Waals surface area contributed by atoms with Crippen LogP contribution in [0.2, 0.25) is 0 Å². The molecule has 1 aliphatic carbocycles. The van der Waals surface area contributed by atoms with E-state index in [1.54, 1.807) is 0 Å². The monoisotopic (exact) mass is 954 g/mol. The summed E-state index contributed by atoms with van der Waals surface area (Å²) in [6, 6.07) is 111. The predicted molar refractivity (Wildman–Crippen MR) is 315 cm³/mol. The molecule has 0 saturated heterocycles. The predicted octanol–water partition coefficient (Wildman–Crippen LogP) is 19.3. The van der Waals surface area contributed by atoms with E-state index in [-0.39, 0.29) is 0 Å². The van der Waals surface area contributed by atoms with E-state index in [4.69, 9.17) is 0 Å². The Morgan fingerprint density at radius 1 is 0.267 bits per heavy atom. The van der Waals surface area contributed by atoms with E-state index in [0.29, 0.717) is 0 Å². The first-order valence-electron chi connectivity index (χ1n) is 25.9. The molecule has 0 fully saturated rings. The van der Waals surface area contributed by atoms with Crippen LogP contribution in [0.4, 0.5) is 17.1 Å². The van der Waals surface area contributed by atoms with Crippen molar-refractivity contribution in [1.29, 1.82) is 0 Å². The van der Waals surface area contributed by atoms with E-state index < -0.39 is 5.41 Å². The molecule has 0 atom stereocenters. The fourth-order valence-corrected chi connectivity index (χ4v) is 12.3. The zero-order chi connectivity index (χ0) is 49.7. The van der Waals surface area contributed by atoms with Crippen molar-refractivity contribution >= 4 is 38.9 Å². The lowest BCUT2D eigenvalue weighted by molar-refractivity contribution is 0.768. The van der Waals surface area contributed by atoms with E-state index in [2.05, 4.69) is 313 Å². The Kier molecular flexibility index (Phi) is 10.8. The second-order valence-electron chi connectivity index (χ2n) is 19.5. The van der Waals surface area contributed by atoms with Crippen molar-refractivity contribution in [2.24, 2.45) is 0 Å². The SMILES string of the molecule is c1ccc(-c2ccccc2-c2ccc(N(c3ccccc3)c3cccc(-c4ccccc4-c4ccc5c6ccccc6n(-c6cccc7c6-c6ccccc6C7(c6ccccc6)c6ccccc6)c5c4)c3)cc2)cc1. The summed E-state index contributed by atoms with van der Waals surface area (Å²) in [5, 5.41) is 2.46. The average Bonchev–Trinajstić information content (AvgIpc) is 4.10. The van der Waals surface area contributed by atoms with Crippen molar-refractivity contribution in [2.45, 2.75) is 5.41 Å². The molecule has 1 aliphatic rings. The van der Waals surface area contributed by atoms with Crippen molar-refractivity contribution in [3.05, 3.63) is 326 Å². The third-order valence-electron chi connectivity index (χ3n) is 15.5. The van der Waals surface area contributed by atoms with Gasteiger partial charge in [0.25, 0.3) is 0 Å². The molecule has 12 aromatic carbocycles.